The molecule has 3 nitrogen and oxygen atoms in total. The molecule has 1 amide bonds. The highest BCUT2D eigenvalue weighted by Crippen LogP contribution is 2.32. The minimum atomic E-state index is 0.105. The van der Waals surface area contributed by atoms with E-state index in [4.69, 9.17) is 4.74 Å². The average Bonchev–Trinajstić information content (AvgIpc) is 3.01. The predicted octanol–water partition coefficient (Wildman–Crippen LogP) is 2.76. The summed E-state index contributed by atoms with van der Waals surface area (Å²) in [7, 11) is 1.60. The maximum absolute atomic E-state index is 12.3. The second kappa shape index (κ2) is 5.19. The van der Waals surface area contributed by atoms with Gasteiger partial charge in [0.05, 0.1) is 7.11 Å². The summed E-state index contributed by atoms with van der Waals surface area (Å²) in [4.78, 5) is 15.0. The number of carbonyl (C=O) groups excluding carboxylic acids is 1. The number of methoxy groups -OCH3 is 1. The topological polar surface area (TPSA) is 29.5 Å². The van der Waals surface area contributed by atoms with E-state index in [2.05, 4.69) is 15.9 Å². The number of hydrogen-bond donors (Lipinski definition) is 0. The molecule has 1 saturated carbocycles. The fourth-order valence-electron chi connectivity index (χ4n) is 1.67. The first-order chi connectivity index (χ1) is 7.77. The van der Waals surface area contributed by atoms with Crippen LogP contribution < -0.4 is 4.74 Å². The highest BCUT2D eigenvalue weighted by molar-refractivity contribution is 9.09. The Hall–Kier alpha value is -0.550. The molecular formula is C11H14BrNO2S. The maximum Gasteiger partial charge on any atom is 0.268 e. The number of thiophene rings is 1. The summed E-state index contributed by atoms with van der Waals surface area (Å²) in [6.45, 7) is 0.768. The van der Waals surface area contributed by atoms with Crippen LogP contribution in [0.5, 0.6) is 5.75 Å². The smallest absolute Gasteiger partial charge is 0.268 e. The van der Waals surface area contributed by atoms with E-state index in [1.807, 2.05) is 16.3 Å². The van der Waals surface area contributed by atoms with Gasteiger partial charge in [0.2, 0.25) is 0 Å². The molecule has 5 heteroatoms. The third-order valence-electron chi connectivity index (χ3n) is 2.62. The van der Waals surface area contributed by atoms with Crippen LogP contribution in [0.4, 0.5) is 0 Å². The molecule has 0 aromatic carbocycles. The first-order valence-electron chi connectivity index (χ1n) is 5.26. The lowest BCUT2D eigenvalue weighted by Crippen LogP contribution is -2.34. The number of hydrogen-bond acceptors (Lipinski definition) is 3. The summed E-state index contributed by atoms with van der Waals surface area (Å²) in [6.07, 6.45) is 2.26. The van der Waals surface area contributed by atoms with Crippen molar-refractivity contribution in [2.75, 3.05) is 19.0 Å². The molecule has 0 aliphatic heterocycles. The summed E-state index contributed by atoms with van der Waals surface area (Å²) >= 11 is 4.84. The number of amides is 1. The van der Waals surface area contributed by atoms with E-state index < -0.39 is 0 Å². The Morgan fingerprint density at radius 3 is 3.00 bits per heavy atom. The molecule has 0 spiro atoms. The average molecular weight is 304 g/mol. The van der Waals surface area contributed by atoms with Crippen LogP contribution >= 0.6 is 27.3 Å². The molecule has 1 heterocycles. The van der Waals surface area contributed by atoms with Crippen molar-refractivity contribution in [1.82, 2.24) is 4.90 Å². The quantitative estimate of drug-likeness (QED) is 0.783. The second-order valence-electron chi connectivity index (χ2n) is 3.74. The molecule has 88 valence electrons. The van der Waals surface area contributed by atoms with Gasteiger partial charge in [-0.3, -0.25) is 4.79 Å². The molecule has 1 aliphatic carbocycles. The number of nitrogens with zero attached hydrogens (tertiary/aromatic N) is 1. The number of rotatable bonds is 5. The van der Waals surface area contributed by atoms with E-state index in [-0.39, 0.29) is 5.91 Å². The van der Waals surface area contributed by atoms with Gasteiger partial charge in [0.1, 0.15) is 10.6 Å². The van der Waals surface area contributed by atoms with Gasteiger partial charge in [-0.05, 0) is 24.3 Å². The van der Waals surface area contributed by atoms with Crippen molar-refractivity contribution in [3.8, 4) is 5.75 Å². The van der Waals surface area contributed by atoms with Gasteiger partial charge in [0.25, 0.3) is 5.91 Å². The van der Waals surface area contributed by atoms with E-state index in [0.717, 1.165) is 29.6 Å². The number of carbonyl (C=O) groups is 1. The number of alkyl halides is 1. The van der Waals surface area contributed by atoms with E-state index >= 15 is 0 Å². The summed E-state index contributed by atoms with van der Waals surface area (Å²) in [6, 6.07) is 2.29. The third-order valence-corrected chi connectivity index (χ3v) is 3.86. The van der Waals surface area contributed by atoms with Crippen molar-refractivity contribution in [3.05, 3.63) is 16.3 Å². The van der Waals surface area contributed by atoms with Crippen molar-refractivity contribution >= 4 is 33.2 Å². The summed E-state index contributed by atoms with van der Waals surface area (Å²) in [5.74, 6) is 0.795. The fraction of sp³-hybridized carbons (Fsp3) is 0.545. The van der Waals surface area contributed by atoms with Gasteiger partial charge in [-0.2, -0.15) is 0 Å². The Morgan fingerprint density at radius 2 is 2.44 bits per heavy atom. The second-order valence-corrected chi connectivity index (χ2v) is 5.45. The fourth-order valence-corrected chi connectivity index (χ4v) is 2.87. The molecule has 1 fully saturated rings. The highest BCUT2D eigenvalue weighted by atomic mass is 79.9. The Labute approximate surface area is 108 Å². The lowest BCUT2D eigenvalue weighted by Gasteiger charge is -2.20. The first-order valence-corrected chi connectivity index (χ1v) is 7.26. The zero-order valence-electron chi connectivity index (χ0n) is 9.11. The molecule has 1 aromatic rings. The van der Waals surface area contributed by atoms with E-state index in [0.29, 0.717) is 11.8 Å². The Bertz CT molecular complexity index is 376. The predicted molar refractivity (Wildman–Crippen MR) is 68.7 cm³/mol. The molecule has 16 heavy (non-hydrogen) atoms. The van der Waals surface area contributed by atoms with Gasteiger partial charge < -0.3 is 9.64 Å². The molecule has 0 bridgehead atoms. The summed E-state index contributed by atoms with van der Waals surface area (Å²) in [5.41, 5.74) is 0. The Morgan fingerprint density at radius 1 is 1.69 bits per heavy atom. The third kappa shape index (κ3) is 2.40. The van der Waals surface area contributed by atoms with Gasteiger partial charge >= 0.3 is 0 Å². The minimum Gasteiger partial charge on any atom is -0.495 e. The molecule has 0 N–H and O–H groups in total. The highest BCUT2D eigenvalue weighted by Gasteiger charge is 2.33. The van der Waals surface area contributed by atoms with Crippen LogP contribution in [0.1, 0.15) is 22.5 Å². The number of halogens is 1. The standard InChI is InChI=1S/C11H14BrNO2S/c1-15-9-4-7-16-10(9)11(14)13(6-5-12)8-2-3-8/h4,7-8H,2-3,5-6H2,1H3. The zero-order chi connectivity index (χ0) is 11.5. The van der Waals surface area contributed by atoms with E-state index in [1.54, 1.807) is 7.11 Å². The molecule has 1 aliphatic rings. The van der Waals surface area contributed by atoms with Gasteiger partial charge in [-0.25, -0.2) is 0 Å². The normalized spacial score (nSPS) is 14.9. The van der Waals surface area contributed by atoms with Gasteiger partial charge in [0.15, 0.2) is 0 Å². The zero-order valence-corrected chi connectivity index (χ0v) is 11.5. The van der Waals surface area contributed by atoms with Gasteiger partial charge in [0, 0.05) is 17.9 Å². The molecule has 0 atom stereocenters. The van der Waals surface area contributed by atoms with Crippen molar-refractivity contribution in [2.45, 2.75) is 18.9 Å². The van der Waals surface area contributed by atoms with E-state index in [1.165, 1.54) is 11.3 Å². The lowest BCUT2D eigenvalue weighted by molar-refractivity contribution is 0.0756. The van der Waals surface area contributed by atoms with Crippen LogP contribution in [0.2, 0.25) is 0 Å². The summed E-state index contributed by atoms with van der Waals surface area (Å²) in [5, 5.41) is 2.72. The SMILES string of the molecule is COc1ccsc1C(=O)N(CCBr)C1CC1. The molecular weight excluding hydrogens is 290 g/mol. The molecule has 0 radical (unpaired) electrons. The maximum atomic E-state index is 12.3. The van der Waals surface area contributed by atoms with Crippen molar-refractivity contribution in [2.24, 2.45) is 0 Å². The van der Waals surface area contributed by atoms with Gasteiger partial charge in [-0.15, -0.1) is 11.3 Å². The monoisotopic (exact) mass is 303 g/mol. The first kappa shape index (κ1) is 11.9. The number of ether oxygens (including phenoxy) is 1. The minimum absolute atomic E-state index is 0.105. The van der Waals surface area contributed by atoms with Crippen LogP contribution in [0.25, 0.3) is 0 Å². The molecule has 2 rings (SSSR count). The van der Waals surface area contributed by atoms with Crippen LogP contribution in [0.3, 0.4) is 0 Å². The molecule has 1 aromatic heterocycles. The van der Waals surface area contributed by atoms with Crippen LogP contribution in [0, 0.1) is 0 Å². The Kier molecular flexibility index (Phi) is 3.86. The van der Waals surface area contributed by atoms with Gasteiger partial charge in [-0.1, -0.05) is 15.9 Å². The van der Waals surface area contributed by atoms with Crippen LogP contribution in [-0.2, 0) is 0 Å². The van der Waals surface area contributed by atoms with Crippen LogP contribution in [-0.4, -0.2) is 35.8 Å². The largest absolute Gasteiger partial charge is 0.495 e. The van der Waals surface area contributed by atoms with E-state index in [9.17, 15) is 4.79 Å². The van der Waals surface area contributed by atoms with Crippen molar-refractivity contribution < 1.29 is 9.53 Å². The summed E-state index contributed by atoms with van der Waals surface area (Å²) < 4.78 is 5.19. The Balaban J connectivity index is 2.15. The van der Waals surface area contributed by atoms with Crippen LogP contribution in [0.15, 0.2) is 11.4 Å². The molecule has 0 saturated heterocycles. The van der Waals surface area contributed by atoms with Crippen molar-refractivity contribution in [3.63, 3.8) is 0 Å². The molecule has 0 unspecified atom stereocenters. The van der Waals surface area contributed by atoms with Crippen molar-refractivity contribution in [1.29, 1.82) is 0 Å². The lowest BCUT2D eigenvalue weighted by atomic mass is 10.3.